The molecule has 0 aliphatic heterocycles. The largest absolute Gasteiger partial charge is 0.481 e. The highest BCUT2D eigenvalue weighted by Gasteiger charge is 2.56. The van der Waals surface area contributed by atoms with Crippen LogP contribution in [-0.2, 0) is 16.6 Å². The van der Waals surface area contributed by atoms with Gasteiger partial charge < -0.3 is 9.84 Å². The summed E-state index contributed by atoms with van der Waals surface area (Å²) in [6, 6.07) is 5.66. The molecule has 2 aliphatic rings. The van der Waals surface area contributed by atoms with Gasteiger partial charge in [0.05, 0.1) is 19.1 Å². The Balaban J connectivity index is 2.27. The zero-order chi connectivity index (χ0) is 15.2. The van der Waals surface area contributed by atoms with Gasteiger partial charge >= 0.3 is 5.97 Å². The highest BCUT2D eigenvalue weighted by atomic mass is 16.5. The van der Waals surface area contributed by atoms with E-state index in [1.54, 1.807) is 12.1 Å². The van der Waals surface area contributed by atoms with Gasteiger partial charge in [-0.25, -0.2) is 4.98 Å². The topological polar surface area (TPSA) is 83.2 Å². The molecule has 1 aromatic heterocycles. The Morgan fingerprint density at radius 2 is 2.33 bits per heavy atom. The second-order valence-electron chi connectivity index (χ2n) is 5.79. The second-order valence-corrected chi connectivity index (χ2v) is 5.79. The molecule has 3 rings (SSSR count). The molecule has 1 aromatic rings. The summed E-state index contributed by atoms with van der Waals surface area (Å²) in [5.74, 6) is -1.13. The van der Waals surface area contributed by atoms with Gasteiger partial charge in [0, 0.05) is 11.8 Å². The van der Waals surface area contributed by atoms with Crippen molar-refractivity contribution in [3.8, 4) is 11.9 Å². The van der Waals surface area contributed by atoms with E-state index in [4.69, 9.17) is 4.74 Å². The van der Waals surface area contributed by atoms with Crippen LogP contribution >= 0.6 is 0 Å². The van der Waals surface area contributed by atoms with E-state index < -0.39 is 17.3 Å². The van der Waals surface area contributed by atoms with E-state index in [1.165, 1.54) is 7.11 Å². The number of pyridine rings is 1. The van der Waals surface area contributed by atoms with E-state index in [9.17, 15) is 15.2 Å². The van der Waals surface area contributed by atoms with Crippen LogP contribution in [0.4, 0.5) is 0 Å². The molecule has 0 unspecified atom stereocenters. The minimum absolute atomic E-state index is 0.105. The average molecular weight is 284 g/mol. The van der Waals surface area contributed by atoms with Crippen LogP contribution in [0.15, 0.2) is 23.8 Å². The molecule has 108 valence electrons. The maximum atomic E-state index is 12.1. The maximum absolute atomic E-state index is 12.1. The van der Waals surface area contributed by atoms with Crippen LogP contribution in [0.2, 0.25) is 0 Å². The minimum Gasteiger partial charge on any atom is -0.481 e. The number of hydrogen-bond donors (Lipinski definition) is 1. The van der Waals surface area contributed by atoms with Crippen molar-refractivity contribution in [1.29, 1.82) is 5.26 Å². The number of hydrogen-bond acceptors (Lipinski definition) is 4. The average Bonchev–Trinajstić information content (AvgIpc) is 2.45. The summed E-state index contributed by atoms with van der Waals surface area (Å²) in [5.41, 5.74) is 1.23. The number of nitrogens with zero attached hydrogens (tertiary/aromatic N) is 2. The lowest BCUT2D eigenvalue weighted by Crippen LogP contribution is -2.51. The Hall–Kier alpha value is -2.35. The van der Waals surface area contributed by atoms with Gasteiger partial charge in [0.1, 0.15) is 5.41 Å². The molecule has 0 amide bonds. The predicted molar refractivity (Wildman–Crippen MR) is 74.8 cm³/mol. The SMILES string of the molecule is COc1ccc2c(n1)C[C@H]1C=C(C)C[C@]2(C(=O)O)[C@@H]1C#N. The van der Waals surface area contributed by atoms with Gasteiger partial charge in [0.15, 0.2) is 0 Å². The van der Waals surface area contributed by atoms with Gasteiger partial charge in [0.2, 0.25) is 5.88 Å². The third-order valence-electron chi connectivity index (χ3n) is 4.60. The Morgan fingerprint density at radius 1 is 1.57 bits per heavy atom. The standard InChI is InChI=1S/C16H16N2O3/c1-9-5-10-6-13-11(3-4-14(18-13)21-2)16(7-9,15(19)20)12(10)8-17/h3-5,10,12H,6-7H2,1-2H3,(H,19,20)/t10-,12-,16-/m1/s1. The fraction of sp³-hybridized carbons (Fsp3) is 0.438. The number of fused-ring (bicyclic) bond motifs is 4. The molecule has 2 aliphatic carbocycles. The number of carboxylic acid groups (broad SMARTS) is 1. The number of carboxylic acids is 1. The predicted octanol–water partition coefficient (Wildman–Crippen LogP) is 2.07. The van der Waals surface area contributed by atoms with Gasteiger partial charge in [-0.15, -0.1) is 0 Å². The lowest BCUT2D eigenvalue weighted by atomic mass is 9.55. The van der Waals surface area contributed by atoms with Crippen LogP contribution in [0.1, 0.15) is 24.6 Å². The third kappa shape index (κ3) is 1.75. The van der Waals surface area contributed by atoms with Crippen LogP contribution in [-0.4, -0.2) is 23.2 Å². The van der Waals surface area contributed by atoms with Gasteiger partial charge in [-0.05, 0) is 31.2 Å². The van der Waals surface area contributed by atoms with Gasteiger partial charge in [-0.1, -0.05) is 17.7 Å². The van der Waals surface area contributed by atoms with Crippen molar-refractivity contribution in [2.75, 3.05) is 7.11 Å². The van der Waals surface area contributed by atoms with Crippen molar-refractivity contribution in [2.45, 2.75) is 25.2 Å². The lowest BCUT2D eigenvalue weighted by Gasteiger charge is -2.45. The molecule has 3 atom stereocenters. The zero-order valence-corrected chi connectivity index (χ0v) is 12.0. The van der Waals surface area contributed by atoms with Crippen molar-refractivity contribution in [2.24, 2.45) is 11.8 Å². The number of methoxy groups -OCH3 is 1. The number of rotatable bonds is 2. The molecule has 21 heavy (non-hydrogen) atoms. The molecule has 5 nitrogen and oxygen atoms in total. The highest BCUT2D eigenvalue weighted by molar-refractivity contribution is 5.84. The van der Waals surface area contributed by atoms with E-state index in [-0.39, 0.29) is 5.92 Å². The minimum atomic E-state index is -1.19. The molecular formula is C16H16N2O3. The molecule has 0 saturated carbocycles. The van der Waals surface area contributed by atoms with E-state index in [0.29, 0.717) is 24.3 Å². The second kappa shape index (κ2) is 4.59. The first kappa shape index (κ1) is 13.6. The monoisotopic (exact) mass is 284 g/mol. The first-order valence-corrected chi connectivity index (χ1v) is 6.87. The molecule has 1 N–H and O–H groups in total. The third-order valence-corrected chi connectivity index (χ3v) is 4.60. The summed E-state index contributed by atoms with van der Waals surface area (Å²) in [7, 11) is 1.54. The summed E-state index contributed by atoms with van der Waals surface area (Å²) in [5, 5.41) is 19.4. The summed E-state index contributed by atoms with van der Waals surface area (Å²) in [6.45, 7) is 1.93. The normalized spacial score (nSPS) is 29.9. The Bertz CT molecular complexity index is 689. The summed E-state index contributed by atoms with van der Waals surface area (Å²) in [6.07, 6.45) is 2.97. The van der Waals surface area contributed by atoms with Crippen LogP contribution in [0.5, 0.6) is 5.88 Å². The van der Waals surface area contributed by atoms with Crippen molar-refractivity contribution in [3.05, 3.63) is 35.0 Å². The van der Waals surface area contributed by atoms with Crippen LogP contribution in [0.3, 0.4) is 0 Å². The number of nitriles is 1. The fourth-order valence-corrected chi connectivity index (χ4v) is 3.79. The summed E-state index contributed by atoms with van der Waals surface area (Å²) >= 11 is 0. The maximum Gasteiger partial charge on any atom is 0.315 e. The lowest BCUT2D eigenvalue weighted by molar-refractivity contribution is -0.146. The van der Waals surface area contributed by atoms with Crippen molar-refractivity contribution >= 4 is 5.97 Å². The molecule has 2 bridgehead atoms. The summed E-state index contributed by atoms with van der Waals surface area (Å²) in [4.78, 5) is 16.5. The first-order valence-electron chi connectivity index (χ1n) is 6.87. The van der Waals surface area contributed by atoms with Crippen molar-refractivity contribution in [1.82, 2.24) is 4.98 Å². The molecule has 1 heterocycles. The van der Waals surface area contributed by atoms with E-state index >= 15 is 0 Å². The Labute approximate surface area is 122 Å². The summed E-state index contributed by atoms with van der Waals surface area (Å²) < 4.78 is 5.13. The fourth-order valence-electron chi connectivity index (χ4n) is 3.79. The highest BCUT2D eigenvalue weighted by Crippen LogP contribution is 2.51. The molecule has 0 fully saturated rings. The van der Waals surface area contributed by atoms with Crippen LogP contribution in [0.25, 0.3) is 0 Å². The first-order chi connectivity index (χ1) is 10.0. The quantitative estimate of drug-likeness (QED) is 0.841. The van der Waals surface area contributed by atoms with Crippen LogP contribution in [0, 0.1) is 23.2 Å². The number of ether oxygens (including phenoxy) is 1. The van der Waals surface area contributed by atoms with Gasteiger partial charge in [-0.3, -0.25) is 4.79 Å². The Kier molecular flexibility index (Phi) is 2.98. The smallest absolute Gasteiger partial charge is 0.315 e. The molecule has 0 radical (unpaired) electrons. The number of aliphatic carboxylic acids is 1. The van der Waals surface area contributed by atoms with E-state index in [1.807, 2.05) is 13.0 Å². The molecule has 5 heteroatoms. The van der Waals surface area contributed by atoms with Crippen LogP contribution < -0.4 is 4.74 Å². The number of carbonyl (C=O) groups is 1. The van der Waals surface area contributed by atoms with Gasteiger partial charge in [0.25, 0.3) is 0 Å². The molecule has 0 aromatic carbocycles. The Morgan fingerprint density at radius 3 is 2.95 bits per heavy atom. The van der Waals surface area contributed by atoms with Crippen molar-refractivity contribution < 1.29 is 14.6 Å². The van der Waals surface area contributed by atoms with E-state index in [2.05, 4.69) is 11.1 Å². The molecular weight excluding hydrogens is 268 g/mol. The number of aromatic nitrogens is 1. The molecule has 0 saturated heterocycles. The zero-order valence-electron chi connectivity index (χ0n) is 12.0. The number of allylic oxidation sites excluding steroid dienone is 2. The van der Waals surface area contributed by atoms with Gasteiger partial charge in [-0.2, -0.15) is 5.26 Å². The van der Waals surface area contributed by atoms with Crippen molar-refractivity contribution in [3.63, 3.8) is 0 Å². The molecule has 0 spiro atoms. The van der Waals surface area contributed by atoms with E-state index in [0.717, 1.165) is 11.3 Å².